The lowest BCUT2D eigenvalue weighted by atomic mass is 10.2. The highest BCUT2D eigenvalue weighted by molar-refractivity contribution is 7.15. The molecule has 0 fully saturated rings. The van der Waals surface area contributed by atoms with Crippen molar-refractivity contribution >= 4 is 39.4 Å². The molecule has 2 heterocycles. The number of aromatic nitrogens is 2. The van der Waals surface area contributed by atoms with Crippen molar-refractivity contribution in [2.75, 3.05) is 5.73 Å². The normalized spacial score (nSPS) is 10.7. The monoisotopic (exact) mass is 293 g/mol. The van der Waals surface area contributed by atoms with E-state index in [1.54, 1.807) is 0 Å². The maximum Gasteiger partial charge on any atom is 0.180 e. The van der Waals surface area contributed by atoms with Gasteiger partial charge in [-0.25, -0.2) is 9.97 Å². The van der Waals surface area contributed by atoms with Gasteiger partial charge in [0.15, 0.2) is 5.13 Å². The number of rotatable bonds is 2. The van der Waals surface area contributed by atoms with Gasteiger partial charge in [0, 0.05) is 21.3 Å². The molecule has 0 spiro atoms. The fourth-order valence-corrected chi connectivity index (χ4v) is 3.20. The molecule has 0 bridgehead atoms. The van der Waals surface area contributed by atoms with E-state index in [2.05, 4.69) is 9.97 Å². The van der Waals surface area contributed by atoms with Gasteiger partial charge in [-0.15, -0.1) is 22.7 Å². The molecule has 0 aliphatic carbocycles. The Balaban J connectivity index is 2.02. The van der Waals surface area contributed by atoms with E-state index >= 15 is 0 Å². The molecule has 90 valence electrons. The standard InChI is InChI=1S/C12H8ClN3S2/c13-8-4-2-1-3-7(8)9-5-17-11(15-9)10-6-18-12(14)16-10/h1-6H,(H2,14,16). The second kappa shape index (κ2) is 4.68. The molecule has 0 radical (unpaired) electrons. The van der Waals surface area contributed by atoms with Crippen molar-refractivity contribution < 1.29 is 0 Å². The van der Waals surface area contributed by atoms with Crippen molar-refractivity contribution in [1.82, 2.24) is 9.97 Å². The first-order valence-corrected chi connectivity index (χ1v) is 7.29. The summed E-state index contributed by atoms with van der Waals surface area (Å²) in [4.78, 5) is 8.77. The van der Waals surface area contributed by atoms with Crippen LogP contribution in [0.2, 0.25) is 5.02 Å². The second-order valence-electron chi connectivity index (χ2n) is 3.59. The van der Waals surface area contributed by atoms with E-state index < -0.39 is 0 Å². The zero-order valence-corrected chi connectivity index (χ0v) is 11.5. The van der Waals surface area contributed by atoms with E-state index in [0.717, 1.165) is 22.0 Å². The maximum absolute atomic E-state index is 6.15. The van der Waals surface area contributed by atoms with Crippen LogP contribution in [0.4, 0.5) is 5.13 Å². The van der Waals surface area contributed by atoms with E-state index in [1.165, 1.54) is 22.7 Å². The van der Waals surface area contributed by atoms with Crippen LogP contribution < -0.4 is 5.73 Å². The Hall–Kier alpha value is -1.43. The highest BCUT2D eigenvalue weighted by Gasteiger charge is 2.11. The van der Waals surface area contributed by atoms with E-state index in [1.807, 2.05) is 35.0 Å². The molecular weight excluding hydrogens is 286 g/mol. The van der Waals surface area contributed by atoms with Crippen molar-refractivity contribution in [3.63, 3.8) is 0 Å². The van der Waals surface area contributed by atoms with Crippen LogP contribution in [-0.4, -0.2) is 9.97 Å². The second-order valence-corrected chi connectivity index (χ2v) is 5.74. The minimum atomic E-state index is 0.555. The Morgan fingerprint density at radius 1 is 1.00 bits per heavy atom. The number of nitrogens with two attached hydrogens (primary N) is 1. The Bertz CT molecular complexity index is 690. The van der Waals surface area contributed by atoms with Gasteiger partial charge in [0.1, 0.15) is 10.7 Å². The number of hydrogen-bond donors (Lipinski definition) is 1. The topological polar surface area (TPSA) is 51.8 Å². The van der Waals surface area contributed by atoms with Crippen LogP contribution in [0.1, 0.15) is 0 Å². The summed E-state index contributed by atoms with van der Waals surface area (Å²) in [6.45, 7) is 0. The lowest BCUT2D eigenvalue weighted by molar-refractivity contribution is 1.34. The molecule has 6 heteroatoms. The summed E-state index contributed by atoms with van der Waals surface area (Å²) in [5, 5.41) is 6.00. The highest BCUT2D eigenvalue weighted by atomic mass is 35.5. The number of nitrogen functional groups attached to an aromatic ring is 1. The minimum Gasteiger partial charge on any atom is -0.375 e. The number of thiazole rings is 2. The third-order valence-corrected chi connectivity index (χ3v) is 4.26. The molecule has 3 rings (SSSR count). The first-order valence-electron chi connectivity index (χ1n) is 5.16. The van der Waals surface area contributed by atoms with Gasteiger partial charge in [-0.1, -0.05) is 29.8 Å². The Kier molecular flexibility index (Phi) is 3.03. The van der Waals surface area contributed by atoms with Crippen LogP contribution in [0.3, 0.4) is 0 Å². The minimum absolute atomic E-state index is 0.555. The van der Waals surface area contributed by atoms with Crippen molar-refractivity contribution in [3.8, 4) is 22.0 Å². The van der Waals surface area contributed by atoms with Gasteiger partial charge < -0.3 is 5.73 Å². The summed E-state index contributed by atoms with van der Waals surface area (Å²) in [5.74, 6) is 0. The summed E-state index contributed by atoms with van der Waals surface area (Å²) >= 11 is 9.10. The van der Waals surface area contributed by atoms with Crippen LogP contribution in [0.5, 0.6) is 0 Å². The van der Waals surface area contributed by atoms with Gasteiger partial charge in [-0.2, -0.15) is 0 Å². The molecule has 0 atom stereocenters. The van der Waals surface area contributed by atoms with Crippen molar-refractivity contribution in [2.24, 2.45) is 0 Å². The SMILES string of the molecule is Nc1nc(-c2nc(-c3ccccc3Cl)cs2)cs1. The van der Waals surface area contributed by atoms with Gasteiger partial charge >= 0.3 is 0 Å². The molecule has 1 aromatic carbocycles. The molecule has 0 aliphatic rings. The fourth-order valence-electron chi connectivity index (χ4n) is 1.57. The molecule has 0 aliphatic heterocycles. The van der Waals surface area contributed by atoms with Crippen LogP contribution in [-0.2, 0) is 0 Å². The smallest absolute Gasteiger partial charge is 0.180 e. The molecule has 3 nitrogen and oxygen atoms in total. The van der Waals surface area contributed by atoms with Gasteiger partial charge in [0.25, 0.3) is 0 Å². The van der Waals surface area contributed by atoms with Gasteiger partial charge in [-0.3, -0.25) is 0 Å². The van der Waals surface area contributed by atoms with Gasteiger partial charge in [-0.05, 0) is 6.07 Å². The summed E-state index contributed by atoms with van der Waals surface area (Å²) in [5.41, 5.74) is 8.24. The van der Waals surface area contributed by atoms with E-state index in [0.29, 0.717) is 10.2 Å². The lowest BCUT2D eigenvalue weighted by Gasteiger charge is -1.98. The predicted molar refractivity (Wildman–Crippen MR) is 78.1 cm³/mol. The zero-order valence-electron chi connectivity index (χ0n) is 9.13. The molecule has 0 saturated carbocycles. The first-order chi connectivity index (χ1) is 8.74. The zero-order chi connectivity index (χ0) is 12.5. The van der Waals surface area contributed by atoms with E-state index in [9.17, 15) is 0 Å². The number of halogens is 1. The third-order valence-electron chi connectivity index (χ3n) is 2.40. The lowest BCUT2D eigenvalue weighted by Crippen LogP contribution is -1.83. The molecule has 0 saturated heterocycles. The Labute approximate surface area is 117 Å². The molecule has 0 unspecified atom stereocenters. The van der Waals surface area contributed by atoms with Crippen molar-refractivity contribution in [1.29, 1.82) is 0 Å². The number of nitrogens with zero attached hydrogens (tertiary/aromatic N) is 2. The average molecular weight is 294 g/mol. The van der Waals surface area contributed by atoms with Crippen LogP contribution >= 0.6 is 34.3 Å². The first kappa shape index (κ1) is 11.6. The van der Waals surface area contributed by atoms with Crippen LogP contribution in [0, 0.1) is 0 Å². The number of anilines is 1. The number of hydrogen-bond acceptors (Lipinski definition) is 5. The fraction of sp³-hybridized carbons (Fsp3) is 0. The summed E-state index contributed by atoms with van der Waals surface area (Å²) < 4.78 is 0. The van der Waals surface area contributed by atoms with Gasteiger partial charge in [0.2, 0.25) is 0 Å². The predicted octanol–water partition coefficient (Wildman–Crippen LogP) is 4.17. The van der Waals surface area contributed by atoms with Gasteiger partial charge in [0.05, 0.1) is 5.69 Å². The molecule has 3 aromatic rings. The molecule has 0 amide bonds. The summed E-state index contributed by atoms with van der Waals surface area (Å²) in [6, 6.07) is 7.66. The van der Waals surface area contributed by atoms with Crippen molar-refractivity contribution in [2.45, 2.75) is 0 Å². The van der Waals surface area contributed by atoms with Crippen LogP contribution in [0.15, 0.2) is 35.0 Å². The average Bonchev–Trinajstić information content (AvgIpc) is 2.98. The largest absolute Gasteiger partial charge is 0.375 e. The molecule has 2 N–H and O–H groups in total. The Morgan fingerprint density at radius 3 is 2.50 bits per heavy atom. The molecule has 18 heavy (non-hydrogen) atoms. The Morgan fingerprint density at radius 2 is 1.78 bits per heavy atom. The number of benzene rings is 1. The summed E-state index contributed by atoms with van der Waals surface area (Å²) in [6.07, 6.45) is 0. The van der Waals surface area contributed by atoms with Crippen molar-refractivity contribution in [3.05, 3.63) is 40.0 Å². The van der Waals surface area contributed by atoms with Crippen LogP contribution in [0.25, 0.3) is 22.0 Å². The molecule has 2 aromatic heterocycles. The quantitative estimate of drug-likeness (QED) is 0.771. The maximum atomic E-state index is 6.15. The van der Waals surface area contributed by atoms with E-state index in [-0.39, 0.29) is 0 Å². The summed E-state index contributed by atoms with van der Waals surface area (Å²) in [7, 11) is 0. The third kappa shape index (κ3) is 2.12. The molecular formula is C12H8ClN3S2. The highest BCUT2D eigenvalue weighted by Crippen LogP contribution is 2.32. The van der Waals surface area contributed by atoms with E-state index in [4.69, 9.17) is 17.3 Å².